The van der Waals surface area contributed by atoms with Gasteiger partial charge in [-0.05, 0) is 25.8 Å². The Kier molecular flexibility index (Phi) is 2.81. The molecule has 1 aliphatic heterocycles. The quantitative estimate of drug-likeness (QED) is 0.798. The Balaban J connectivity index is 2.25. The largest absolute Gasteiger partial charge is 0.389 e. The summed E-state index contributed by atoms with van der Waals surface area (Å²) in [6.45, 7) is 2.32. The van der Waals surface area contributed by atoms with Gasteiger partial charge in [-0.15, -0.1) is 0 Å². The summed E-state index contributed by atoms with van der Waals surface area (Å²) in [5.41, 5.74) is -0.915. The maximum Gasteiger partial charge on any atom is 0.244 e. The van der Waals surface area contributed by atoms with Crippen LogP contribution in [0.4, 0.5) is 0 Å². The third-order valence-electron chi connectivity index (χ3n) is 2.85. The first-order valence-electron chi connectivity index (χ1n) is 5.27. The van der Waals surface area contributed by atoms with Crippen molar-refractivity contribution in [3.05, 3.63) is 18.5 Å². The highest BCUT2D eigenvalue weighted by Gasteiger charge is 2.35. The Morgan fingerprint density at radius 1 is 1.56 bits per heavy atom. The van der Waals surface area contributed by atoms with Crippen LogP contribution in [-0.4, -0.2) is 41.5 Å². The first-order chi connectivity index (χ1) is 7.42. The van der Waals surface area contributed by atoms with Gasteiger partial charge < -0.3 is 10.1 Å². The first kappa shape index (κ1) is 11.6. The summed E-state index contributed by atoms with van der Waals surface area (Å²) in [6, 6.07) is 1.53. The molecule has 0 aliphatic carbocycles. The number of nitrogens with zero attached hydrogens (tertiary/aromatic N) is 1. The molecular formula is C10H16N2O3S. The fourth-order valence-electron chi connectivity index (χ4n) is 2.00. The van der Waals surface area contributed by atoms with Crippen molar-refractivity contribution in [3.63, 3.8) is 0 Å². The lowest BCUT2D eigenvalue weighted by Gasteiger charge is -2.35. The molecule has 2 rings (SSSR count). The Bertz CT molecular complexity index is 450. The van der Waals surface area contributed by atoms with Crippen molar-refractivity contribution in [1.82, 2.24) is 9.29 Å². The molecule has 0 aromatic carbocycles. The van der Waals surface area contributed by atoms with Gasteiger partial charge in [0.25, 0.3) is 0 Å². The molecule has 1 aromatic rings. The van der Waals surface area contributed by atoms with E-state index >= 15 is 0 Å². The molecule has 0 bridgehead atoms. The van der Waals surface area contributed by atoms with Gasteiger partial charge in [0.1, 0.15) is 0 Å². The summed E-state index contributed by atoms with van der Waals surface area (Å²) in [4.78, 5) is 2.98. The van der Waals surface area contributed by atoms with Crippen molar-refractivity contribution in [3.8, 4) is 0 Å². The zero-order valence-corrected chi connectivity index (χ0v) is 10.00. The molecule has 16 heavy (non-hydrogen) atoms. The zero-order chi connectivity index (χ0) is 11.8. The maximum absolute atomic E-state index is 12.1. The van der Waals surface area contributed by atoms with E-state index in [0.29, 0.717) is 19.4 Å². The van der Waals surface area contributed by atoms with Crippen LogP contribution in [0.25, 0.3) is 0 Å². The van der Waals surface area contributed by atoms with Crippen molar-refractivity contribution in [1.29, 1.82) is 0 Å². The van der Waals surface area contributed by atoms with Gasteiger partial charge in [-0.3, -0.25) is 0 Å². The summed E-state index contributed by atoms with van der Waals surface area (Å²) < 4.78 is 25.6. The van der Waals surface area contributed by atoms with Crippen LogP contribution in [0.15, 0.2) is 23.4 Å². The smallest absolute Gasteiger partial charge is 0.244 e. The summed E-state index contributed by atoms with van der Waals surface area (Å²) in [5.74, 6) is 0. The molecule has 1 fully saturated rings. The van der Waals surface area contributed by atoms with Gasteiger partial charge in [-0.2, -0.15) is 4.31 Å². The van der Waals surface area contributed by atoms with E-state index in [9.17, 15) is 13.5 Å². The van der Waals surface area contributed by atoms with E-state index < -0.39 is 15.6 Å². The third-order valence-corrected chi connectivity index (χ3v) is 4.69. The second-order valence-electron chi connectivity index (χ2n) is 4.49. The number of hydrogen-bond donors (Lipinski definition) is 2. The lowest BCUT2D eigenvalue weighted by atomic mass is 9.97. The van der Waals surface area contributed by atoms with Crippen LogP contribution in [-0.2, 0) is 10.0 Å². The van der Waals surface area contributed by atoms with Crippen molar-refractivity contribution in [2.24, 2.45) is 0 Å². The number of aliphatic hydroxyl groups is 1. The van der Waals surface area contributed by atoms with Crippen molar-refractivity contribution < 1.29 is 13.5 Å². The lowest BCUT2D eigenvalue weighted by Crippen LogP contribution is -2.48. The number of β-amino-alcohol motifs (C(OH)–C–C–N with tert-alkyl or cyclic N) is 1. The number of aromatic amines is 1. The van der Waals surface area contributed by atoms with E-state index in [4.69, 9.17) is 0 Å². The highest BCUT2D eigenvalue weighted by atomic mass is 32.2. The van der Waals surface area contributed by atoms with Crippen LogP contribution in [0.3, 0.4) is 0 Å². The summed E-state index contributed by atoms with van der Waals surface area (Å²) in [5, 5.41) is 9.89. The molecule has 0 radical (unpaired) electrons. The molecule has 1 unspecified atom stereocenters. The Morgan fingerprint density at radius 2 is 2.31 bits per heavy atom. The highest BCUT2D eigenvalue weighted by Crippen LogP contribution is 2.25. The number of H-pyrrole nitrogens is 1. The predicted molar refractivity (Wildman–Crippen MR) is 59.4 cm³/mol. The summed E-state index contributed by atoms with van der Waals surface area (Å²) >= 11 is 0. The van der Waals surface area contributed by atoms with Crippen LogP contribution < -0.4 is 0 Å². The minimum Gasteiger partial charge on any atom is -0.389 e. The minimum atomic E-state index is -3.45. The van der Waals surface area contributed by atoms with Crippen LogP contribution in [0.5, 0.6) is 0 Å². The van der Waals surface area contributed by atoms with E-state index in [1.807, 2.05) is 0 Å². The van der Waals surface area contributed by atoms with E-state index in [0.717, 1.165) is 0 Å². The van der Waals surface area contributed by atoms with E-state index in [2.05, 4.69) is 4.98 Å². The van der Waals surface area contributed by atoms with Crippen molar-refractivity contribution in [2.45, 2.75) is 30.3 Å². The van der Waals surface area contributed by atoms with Crippen LogP contribution in [0.2, 0.25) is 0 Å². The van der Waals surface area contributed by atoms with Crippen molar-refractivity contribution in [2.75, 3.05) is 13.1 Å². The normalized spacial score (nSPS) is 28.1. The molecule has 1 aromatic heterocycles. The van der Waals surface area contributed by atoms with E-state index in [1.54, 1.807) is 13.1 Å². The van der Waals surface area contributed by atoms with E-state index in [-0.39, 0.29) is 11.4 Å². The van der Waals surface area contributed by atoms with Crippen LogP contribution in [0, 0.1) is 0 Å². The third kappa shape index (κ3) is 2.14. The maximum atomic E-state index is 12.1. The number of piperidine rings is 1. The Hall–Kier alpha value is -0.850. The first-order valence-corrected chi connectivity index (χ1v) is 6.71. The predicted octanol–water partition coefficient (Wildman–Crippen LogP) is 0.550. The monoisotopic (exact) mass is 244 g/mol. The van der Waals surface area contributed by atoms with Gasteiger partial charge in [0.2, 0.25) is 10.0 Å². The minimum absolute atomic E-state index is 0.167. The topological polar surface area (TPSA) is 73.4 Å². The number of rotatable bonds is 2. The molecule has 0 amide bonds. The van der Waals surface area contributed by atoms with Gasteiger partial charge in [0.15, 0.2) is 0 Å². The summed E-state index contributed by atoms with van der Waals surface area (Å²) in [7, 11) is -3.45. The fraction of sp³-hybridized carbons (Fsp3) is 0.600. The average Bonchev–Trinajstić information content (AvgIpc) is 2.69. The second-order valence-corrected chi connectivity index (χ2v) is 6.42. The van der Waals surface area contributed by atoms with Gasteiger partial charge in [-0.1, -0.05) is 0 Å². The molecule has 5 nitrogen and oxygen atoms in total. The SMILES string of the molecule is CC1(O)CCCN(S(=O)(=O)c2cc[nH]c2)C1. The molecule has 6 heteroatoms. The number of nitrogens with one attached hydrogen (secondary N) is 1. The molecule has 1 saturated heterocycles. The van der Waals surface area contributed by atoms with Crippen molar-refractivity contribution >= 4 is 10.0 Å². The molecule has 2 N–H and O–H groups in total. The number of aromatic nitrogens is 1. The van der Waals surface area contributed by atoms with Crippen LogP contribution in [0.1, 0.15) is 19.8 Å². The van der Waals surface area contributed by atoms with Gasteiger partial charge in [-0.25, -0.2) is 8.42 Å². The average molecular weight is 244 g/mol. The van der Waals surface area contributed by atoms with Gasteiger partial charge in [0.05, 0.1) is 10.5 Å². The summed E-state index contributed by atoms with van der Waals surface area (Å²) in [6.07, 6.45) is 4.37. The molecular weight excluding hydrogens is 228 g/mol. The standard InChI is InChI=1S/C10H16N2O3S/c1-10(13)4-2-6-12(8-10)16(14,15)9-3-5-11-7-9/h3,5,7,11,13H,2,4,6,8H2,1H3. The molecule has 0 saturated carbocycles. The Morgan fingerprint density at radius 3 is 2.88 bits per heavy atom. The molecule has 90 valence electrons. The molecule has 1 aliphatic rings. The Labute approximate surface area is 95.1 Å². The highest BCUT2D eigenvalue weighted by molar-refractivity contribution is 7.89. The molecule has 2 heterocycles. The number of hydrogen-bond acceptors (Lipinski definition) is 3. The van der Waals surface area contributed by atoms with Gasteiger partial charge >= 0.3 is 0 Å². The zero-order valence-electron chi connectivity index (χ0n) is 9.18. The van der Waals surface area contributed by atoms with Crippen LogP contribution >= 0.6 is 0 Å². The number of sulfonamides is 1. The fourth-order valence-corrected chi connectivity index (χ4v) is 3.57. The van der Waals surface area contributed by atoms with Gasteiger partial charge in [0, 0.05) is 25.5 Å². The van der Waals surface area contributed by atoms with E-state index in [1.165, 1.54) is 16.6 Å². The lowest BCUT2D eigenvalue weighted by molar-refractivity contribution is 0.00940. The molecule has 1 atom stereocenters. The molecule has 0 spiro atoms. The second kappa shape index (κ2) is 3.87.